The monoisotopic (exact) mass is 764 g/mol. The number of ether oxygens (including phenoxy) is 1. The van der Waals surface area contributed by atoms with E-state index in [1.807, 2.05) is 18.2 Å². The molecule has 7 rings (SSSR count). The van der Waals surface area contributed by atoms with Gasteiger partial charge in [0, 0.05) is 18.6 Å². The van der Waals surface area contributed by atoms with Crippen LogP contribution in [0.3, 0.4) is 0 Å². The Hall–Kier alpha value is -7.07. The Labute approximate surface area is 312 Å². The smallest absolute Gasteiger partial charge is 0.366 e. The Morgan fingerprint density at radius 2 is 1.16 bits per heavy atom. The van der Waals surface area contributed by atoms with Crippen LogP contribution in [-0.2, 0) is 22.9 Å². The van der Waals surface area contributed by atoms with Crippen LogP contribution in [0.25, 0.3) is 45.0 Å². The molecule has 4 aromatic heterocycles. The van der Waals surface area contributed by atoms with Crippen LogP contribution < -0.4 is 16.0 Å². The second kappa shape index (κ2) is 16.3. The first-order valence-corrected chi connectivity index (χ1v) is 18.2. The number of allylic oxidation sites excluding steroid dienone is 2. The normalized spacial score (nSPS) is 11.0. The van der Waals surface area contributed by atoms with Gasteiger partial charge >= 0.3 is 17.3 Å². The molecule has 0 bridgehead atoms. The minimum Gasteiger partial charge on any atom is -0.424 e. The molecule has 0 aliphatic rings. The molecule has 4 heterocycles. The average molecular weight is 765 g/mol. The Morgan fingerprint density at radius 3 is 1.64 bits per heavy atom. The molecular formula is C39H30F2N6O7S. The van der Waals surface area contributed by atoms with Gasteiger partial charge in [0.2, 0.25) is 15.0 Å². The van der Waals surface area contributed by atoms with Crippen LogP contribution in [0.4, 0.5) is 8.78 Å². The third-order valence-electron chi connectivity index (χ3n) is 7.66. The van der Waals surface area contributed by atoms with Crippen LogP contribution in [0.15, 0.2) is 152 Å². The predicted octanol–water partition coefficient (Wildman–Crippen LogP) is 6.98. The van der Waals surface area contributed by atoms with E-state index in [1.165, 1.54) is 82.5 Å². The van der Waals surface area contributed by atoms with Crippen LogP contribution in [-0.4, -0.2) is 44.1 Å². The van der Waals surface area contributed by atoms with E-state index >= 15 is 0 Å². The Kier molecular flexibility index (Phi) is 11.2. The molecular weight excluding hydrogens is 735 g/mol. The molecule has 3 aromatic carbocycles. The molecule has 16 heteroatoms. The zero-order chi connectivity index (χ0) is 39.1. The maximum absolute atomic E-state index is 13.4. The van der Waals surface area contributed by atoms with Gasteiger partial charge in [-0.2, -0.15) is 14.5 Å². The molecule has 0 saturated carbocycles. The Morgan fingerprint density at radius 1 is 0.691 bits per heavy atom. The maximum atomic E-state index is 13.4. The molecule has 0 aliphatic heterocycles. The van der Waals surface area contributed by atoms with Gasteiger partial charge in [0.1, 0.15) is 28.8 Å². The van der Waals surface area contributed by atoms with Crippen molar-refractivity contribution in [3.8, 4) is 56.8 Å². The number of aromatic nitrogens is 6. The first kappa shape index (κ1) is 37.7. The second-order valence-corrected chi connectivity index (χ2v) is 13.5. The SMILES string of the molecule is C=CCn1oc(=O)c(-c2ccc(F)cc2)c1-c1ccnc(Oc2ccccc2)n1.C=CCn1oc(=O)c(-c2ccc(F)cc2)c1-c1ccnc(S(C)(=O)=O)n1. The number of sulfone groups is 1. The molecule has 0 N–H and O–H groups in total. The van der Waals surface area contributed by atoms with Crippen molar-refractivity contribution in [3.63, 3.8) is 0 Å². The highest BCUT2D eigenvalue weighted by molar-refractivity contribution is 7.90. The topological polar surface area (TPSA) is 165 Å². The number of benzene rings is 3. The summed E-state index contributed by atoms with van der Waals surface area (Å²) in [5, 5.41) is -0.376. The molecule has 0 unspecified atom stereocenters. The minimum absolute atomic E-state index is 0.123. The molecule has 7 aromatic rings. The summed E-state index contributed by atoms with van der Waals surface area (Å²) in [6.07, 6.45) is 6.91. The fourth-order valence-corrected chi connectivity index (χ4v) is 5.85. The lowest BCUT2D eigenvalue weighted by Crippen LogP contribution is -2.06. The fourth-order valence-electron chi connectivity index (χ4n) is 5.34. The van der Waals surface area contributed by atoms with Gasteiger partial charge in [-0.05, 0) is 59.7 Å². The van der Waals surface area contributed by atoms with Gasteiger partial charge in [0.25, 0.3) is 0 Å². The second-order valence-electron chi connectivity index (χ2n) is 11.6. The summed E-state index contributed by atoms with van der Waals surface area (Å²) in [4.78, 5) is 41.3. The van der Waals surface area contributed by atoms with E-state index in [4.69, 9.17) is 13.8 Å². The van der Waals surface area contributed by atoms with Gasteiger partial charge in [-0.3, -0.25) is 0 Å². The first-order chi connectivity index (χ1) is 26.5. The van der Waals surface area contributed by atoms with Crippen LogP contribution in [0.2, 0.25) is 0 Å². The first-order valence-electron chi connectivity index (χ1n) is 16.3. The van der Waals surface area contributed by atoms with Gasteiger partial charge in [0.05, 0.1) is 35.6 Å². The lowest BCUT2D eigenvalue weighted by Gasteiger charge is -2.08. The van der Waals surface area contributed by atoms with E-state index < -0.39 is 32.7 Å². The van der Waals surface area contributed by atoms with Gasteiger partial charge < -0.3 is 13.8 Å². The van der Waals surface area contributed by atoms with E-state index in [0.717, 1.165) is 6.26 Å². The fraction of sp³-hybridized carbons (Fsp3) is 0.0769. The molecule has 0 spiro atoms. The summed E-state index contributed by atoms with van der Waals surface area (Å²) in [5.41, 5.74) is 1.44. The summed E-state index contributed by atoms with van der Waals surface area (Å²) >= 11 is 0. The number of hydrogen-bond acceptors (Lipinski definition) is 11. The molecule has 0 amide bonds. The third kappa shape index (κ3) is 8.60. The van der Waals surface area contributed by atoms with Crippen molar-refractivity contribution < 1.29 is 31.0 Å². The summed E-state index contributed by atoms with van der Waals surface area (Å²) in [5.74, 6) is -0.267. The maximum Gasteiger partial charge on any atom is 0.366 e. The number of hydrogen-bond donors (Lipinski definition) is 0. The molecule has 0 radical (unpaired) electrons. The lowest BCUT2D eigenvalue weighted by molar-refractivity contribution is 0.272. The molecule has 0 atom stereocenters. The summed E-state index contributed by atoms with van der Waals surface area (Å²) in [6.45, 7) is 7.72. The van der Waals surface area contributed by atoms with E-state index in [2.05, 4.69) is 33.1 Å². The number of rotatable bonds is 11. The van der Waals surface area contributed by atoms with E-state index in [1.54, 1.807) is 24.3 Å². The van der Waals surface area contributed by atoms with E-state index in [9.17, 15) is 26.8 Å². The van der Waals surface area contributed by atoms with Crippen molar-refractivity contribution in [1.82, 2.24) is 29.4 Å². The van der Waals surface area contributed by atoms with E-state index in [-0.39, 0.29) is 46.8 Å². The summed E-state index contributed by atoms with van der Waals surface area (Å²) in [6, 6.07) is 23.2. The minimum atomic E-state index is -3.64. The molecule has 13 nitrogen and oxygen atoms in total. The van der Waals surface area contributed by atoms with Crippen LogP contribution >= 0.6 is 0 Å². The number of halogens is 2. The quantitative estimate of drug-likeness (QED) is 0.0986. The van der Waals surface area contributed by atoms with Gasteiger partial charge in [0.15, 0.2) is 0 Å². The molecule has 278 valence electrons. The summed E-state index contributed by atoms with van der Waals surface area (Å²) in [7, 11) is -3.64. The van der Waals surface area contributed by atoms with Gasteiger partial charge in [-0.1, -0.05) is 54.6 Å². The highest BCUT2D eigenvalue weighted by Crippen LogP contribution is 2.32. The third-order valence-corrected chi connectivity index (χ3v) is 8.52. The highest BCUT2D eigenvalue weighted by atomic mass is 32.2. The van der Waals surface area contributed by atoms with Crippen LogP contribution in [0.1, 0.15) is 0 Å². The standard InChI is InChI=1S/C22H16FN3O3.C17H14FN3O4S/c1-2-14-26-20(19(21(27)29-26)15-8-10-16(23)11-9-15)18-12-13-24-22(25-18)28-17-6-4-3-5-7-17;1-3-10-21-15(13-8-9-19-17(20-13)26(2,23)24)14(16(22)25-21)11-4-6-12(18)7-5-11/h2-13H,1,14H2;3-9H,1,10H2,2H3. The highest BCUT2D eigenvalue weighted by Gasteiger charge is 2.24. The molecule has 0 fully saturated rings. The van der Waals surface area contributed by atoms with Crippen LogP contribution in [0.5, 0.6) is 11.8 Å². The Balaban J connectivity index is 0.000000188. The van der Waals surface area contributed by atoms with Crippen molar-refractivity contribution in [2.45, 2.75) is 18.2 Å². The van der Waals surface area contributed by atoms with Crippen molar-refractivity contribution in [3.05, 3.63) is 161 Å². The predicted molar refractivity (Wildman–Crippen MR) is 199 cm³/mol. The zero-order valence-corrected chi connectivity index (χ0v) is 29.8. The van der Waals surface area contributed by atoms with Crippen LogP contribution in [0, 0.1) is 11.6 Å². The van der Waals surface area contributed by atoms with E-state index in [0.29, 0.717) is 28.3 Å². The zero-order valence-electron chi connectivity index (χ0n) is 29.0. The average Bonchev–Trinajstić information content (AvgIpc) is 3.68. The molecule has 0 saturated heterocycles. The number of para-hydroxylation sites is 1. The van der Waals surface area contributed by atoms with Crippen molar-refractivity contribution in [1.29, 1.82) is 0 Å². The lowest BCUT2D eigenvalue weighted by atomic mass is 10.0. The number of nitrogens with zero attached hydrogens (tertiary/aromatic N) is 6. The Bertz CT molecular complexity index is 2710. The molecule has 55 heavy (non-hydrogen) atoms. The summed E-state index contributed by atoms with van der Waals surface area (Å²) < 4.78 is 69.0. The van der Waals surface area contributed by atoms with Gasteiger partial charge in [-0.15, -0.1) is 13.2 Å². The largest absolute Gasteiger partial charge is 0.424 e. The van der Waals surface area contributed by atoms with Gasteiger partial charge in [-0.25, -0.2) is 41.7 Å². The van der Waals surface area contributed by atoms with Crippen molar-refractivity contribution in [2.75, 3.05) is 6.26 Å². The van der Waals surface area contributed by atoms with Crippen molar-refractivity contribution in [2.24, 2.45) is 0 Å². The molecule has 0 aliphatic carbocycles. The van der Waals surface area contributed by atoms with Crippen molar-refractivity contribution >= 4 is 9.84 Å².